The largest absolute Gasteiger partial charge is 0.316 e. The molecule has 0 bridgehead atoms. The molecule has 4 nitrogen and oxygen atoms in total. The molecule has 3 rings (SSSR count). The highest BCUT2D eigenvalue weighted by Crippen LogP contribution is 2.30. The molecule has 0 radical (unpaired) electrons. The summed E-state index contributed by atoms with van der Waals surface area (Å²) in [4.78, 5) is 0.0513. The number of hydrogen-bond acceptors (Lipinski definition) is 3. The van der Waals surface area contributed by atoms with Crippen LogP contribution in [0, 0.1) is 17.7 Å². The lowest BCUT2D eigenvalue weighted by molar-refractivity contribution is 0.447. The third kappa shape index (κ3) is 1.94. The molecule has 2 heterocycles. The summed E-state index contributed by atoms with van der Waals surface area (Å²) in [5.74, 6) is 0.277. The lowest BCUT2D eigenvalue weighted by atomic mass is 10.0. The van der Waals surface area contributed by atoms with Gasteiger partial charge in [-0.1, -0.05) is 6.07 Å². The minimum absolute atomic E-state index is 0.0513. The van der Waals surface area contributed by atoms with Crippen molar-refractivity contribution in [3.63, 3.8) is 0 Å². The van der Waals surface area contributed by atoms with Crippen LogP contribution >= 0.6 is 0 Å². The molecule has 0 aliphatic carbocycles. The summed E-state index contributed by atoms with van der Waals surface area (Å²) in [6.45, 7) is 2.83. The zero-order chi connectivity index (χ0) is 12.8. The van der Waals surface area contributed by atoms with Crippen LogP contribution in [0.5, 0.6) is 0 Å². The van der Waals surface area contributed by atoms with Gasteiger partial charge in [-0.2, -0.15) is 4.31 Å². The number of nitrogens with one attached hydrogen (secondary N) is 1. The van der Waals surface area contributed by atoms with Crippen LogP contribution in [0.3, 0.4) is 0 Å². The van der Waals surface area contributed by atoms with Crippen LogP contribution in [0.25, 0.3) is 0 Å². The Morgan fingerprint density at radius 2 is 1.89 bits per heavy atom. The molecule has 0 unspecified atom stereocenters. The van der Waals surface area contributed by atoms with Crippen molar-refractivity contribution in [2.75, 3.05) is 26.2 Å². The molecule has 0 saturated carbocycles. The molecule has 2 fully saturated rings. The number of rotatable bonds is 2. The van der Waals surface area contributed by atoms with E-state index in [0.29, 0.717) is 24.9 Å². The van der Waals surface area contributed by atoms with Crippen LogP contribution in [-0.4, -0.2) is 38.9 Å². The van der Waals surface area contributed by atoms with Crippen molar-refractivity contribution in [1.82, 2.24) is 9.62 Å². The Labute approximate surface area is 106 Å². The summed E-state index contributed by atoms with van der Waals surface area (Å²) in [7, 11) is -3.54. The molecule has 98 valence electrons. The molecule has 1 aromatic rings. The second-order valence-electron chi connectivity index (χ2n) is 4.96. The zero-order valence-electron chi connectivity index (χ0n) is 9.84. The van der Waals surface area contributed by atoms with Gasteiger partial charge in [-0.05, 0) is 43.1 Å². The summed E-state index contributed by atoms with van der Waals surface area (Å²) in [6, 6.07) is 5.22. The van der Waals surface area contributed by atoms with E-state index in [0.717, 1.165) is 19.2 Å². The highest BCUT2D eigenvalue weighted by molar-refractivity contribution is 7.89. The molecule has 18 heavy (non-hydrogen) atoms. The van der Waals surface area contributed by atoms with Crippen molar-refractivity contribution in [2.24, 2.45) is 11.8 Å². The molecule has 2 aliphatic rings. The standard InChI is InChI=1S/C12H15FN2O2S/c13-11-2-1-3-12(4-11)18(16,17)15-7-9-5-14-6-10(9)8-15/h1-4,9-10,14H,5-8H2/t9-,10+. The lowest BCUT2D eigenvalue weighted by Gasteiger charge is -2.17. The fourth-order valence-corrected chi connectivity index (χ4v) is 4.37. The Hall–Kier alpha value is -0.980. The maximum absolute atomic E-state index is 13.1. The summed E-state index contributed by atoms with van der Waals surface area (Å²) in [5.41, 5.74) is 0. The van der Waals surface area contributed by atoms with Gasteiger partial charge in [0.15, 0.2) is 0 Å². The number of hydrogen-bond donors (Lipinski definition) is 1. The topological polar surface area (TPSA) is 49.4 Å². The monoisotopic (exact) mass is 270 g/mol. The average Bonchev–Trinajstić information content (AvgIpc) is 2.89. The Morgan fingerprint density at radius 3 is 2.50 bits per heavy atom. The number of fused-ring (bicyclic) bond motifs is 1. The molecule has 1 N–H and O–H groups in total. The second-order valence-corrected chi connectivity index (χ2v) is 6.90. The normalized spacial score (nSPS) is 28.5. The first-order chi connectivity index (χ1) is 8.57. The molecular weight excluding hydrogens is 255 g/mol. The minimum atomic E-state index is -3.54. The van der Waals surface area contributed by atoms with Gasteiger partial charge >= 0.3 is 0 Å². The van der Waals surface area contributed by atoms with E-state index in [1.165, 1.54) is 22.5 Å². The van der Waals surface area contributed by atoms with Gasteiger partial charge in [0.25, 0.3) is 0 Å². The van der Waals surface area contributed by atoms with Gasteiger partial charge in [0.1, 0.15) is 5.82 Å². The Morgan fingerprint density at radius 1 is 1.22 bits per heavy atom. The second kappa shape index (κ2) is 4.29. The summed E-state index contributed by atoms with van der Waals surface area (Å²) >= 11 is 0. The smallest absolute Gasteiger partial charge is 0.243 e. The van der Waals surface area contributed by atoms with E-state index in [2.05, 4.69) is 5.32 Å². The van der Waals surface area contributed by atoms with E-state index in [-0.39, 0.29) is 4.90 Å². The van der Waals surface area contributed by atoms with Crippen molar-refractivity contribution in [2.45, 2.75) is 4.90 Å². The van der Waals surface area contributed by atoms with Crippen molar-refractivity contribution < 1.29 is 12.8 Å². The van der Waals surface area contributed by atoms with E-state index in [1.807, 2.05) is 0 Å². The van der Waals surface area contributed by atoms with Gasteiger partial charge in [-0.3, -0.25) is 0 Å². The average molecular weight is 270 g/mol. The van der Waals surface area contributed by atoms with E-state index in [9.17, 15) is 12.8 Å². The minimum Gasteiger partial charge on any atom is -0.316 e. The maximum Gasteiger partial charge on any atom is 0.243 e. The molecule has 0 amide bonds. The first kappa shape index (κ1) is 12.1. The van der Waals surface area contributed by atoms with Crippen LogP contribution in [-0.2, 0) is 10.0 Å². The molecule has 2 aliphatic heterocycles. The lowest BCUT2D eigenvalue weighted by Crippen LogP contribution is -2.32. The van der Waals surface area contributed by atoms with E-state index >= 15 is 0 Å². The highest BCUT2D eigenvalue weighted by Gasteiger charge is 2.41. The number of nitrogens with zero attached hydrogens (tertiary/aromatic N) is 1. The van der Waals surface area contributed by atoms with E-state index in [4.69, 9.17) is 0 Å². The molecule has 2 saturated heterocycles. The molecule has 0 spiro atoms. The fourth-order valence-electron chi connectivity index (χ4n) is 2.79. The first-order valence-corrected chi connectivity index (χ1v) is 7.48. The van der Waals surface area contributed by atoms with Crippen molar-refractivity contribution >= 4 is 10.0 Å². The molecular formula is C12H15FN2O2S. The van der Waals surface area contributed by atoms with Crippen molar-refractivity contribution in [3.8, 4) is 0 Å². The predicted octanol–water partition coefficient (Wildman–Crippen LogP) is 0.666. The first-order valence-electron chi connectivity index (χ1n) is 6.04. The molecule has 6 heteroatoms. The van der Waals surface area contributed by atoms with Gasteiger partial charge in [-0.15, -0.1) is 0 Å². The Kier molecular flexibility index (Phi) is 2.88. The van der Waals surface area contributed by atoms with Crippen LogP contribution in [0.15, 0.2) is 29.2 Å². The maximum atomic E-state index is 13.1. The summed E-state index contributed by atoms with van der Waals surface area (Å²) in [5, 5.41) is 3.26. The predicted molar refractivity (Wildman–Crippen MR) is 65.0 cm³/mol. The molecule has 2 atom stereocenters. The van der Waals surface area contributed by atoms with Gasteiger partial charge < -0.3 is 5.32 Å². The van der Waals surface area contributed by atoms with Crippen molar-refractivity contribution in [1.29, 1.82) is 0 Å². The third-order valence-corrected chi connectivity index (χ3v) is 5.62. The molecule has 0 aromatic heterocycles. The molecule has 1 aromatic carbocycles. The van der Waals surface area contributed by atoms with E-state index in [1.54, 1.807) is 0 Å². The van der Waals surface area contributed by atoms with Gasteiger partial charge in [0, 0.05) is 13.1 Å². The van der Waals surface area contributed by atoms with Crippen LogP contribution < -0.4 is 5.32 Å². The Bertz CT molecular complexity index is 549. The quantitative estimate of drug-likeness (QED) is 0.859. The Balaban J connectivity index is 1.87. The van der Waals surface area contributed by atoms with E-state index < -0.39 is 15.8 Å². The van der Waals surface area contributed by atoms with Gasteiger partial charge in [0.2, 0.25) is 10.0 Å². The van der Waals surface area contributed by atoms with Gasteiger partial charge in [0.05, 0.1) is 4.90 Å². The number of sulfonamides is 1. The fraction of sp³-hybridized carbons (Fsp3) is 0.500. The summed E-state index contributed by atoms with van der Waals surface area (Å²) in [6.07, 6.45) is 0. The van der Waals surface area contributed by atoms with Crippen molar-refractivity contribution in [3.05, 3.63) is 30.1 Å². The zero-order valence-corrected chi connectivity index (χ0v) is 10.7. The highest BCUT2D eigenvalue weighted by atomic mass is 32.2. The number of benzene rings is 1. The SMILES string of the molecule is O=S(=O)(c1cccc(F)c1)N1C[C@H]2CNC[C@H]2C1. The van der Waals surface area contributed by atoms with Gasteiger partial charge in [-0.25, -0.2) is 12.8 Å². The van der Waals surface area contributed by atoms with Crippen LogP contribution in [0.2, 0.25) is 0 Å². The summed E-state index contributed by atoms with van der Waals surface area (Å²) < 4.78 is 39.3. The third-order valence-electron chi connectivity index (χ3n) is 3.79. The number of halogens is 1. The van der Waals surface area contributed by atoms with Crippen LogP contribution in [0.4, 0.5) is 4.39 Å². The van der Waals surface area contributed by atoms with Crippen LogP contribution in [0.1, 0.15) is 0 Å².